The van der Waals surface area contributed by atoms with Gasteiger partial charge in [-0.15, -0.1) is 0 Å². The molecule has 0 spiro atoms. The van der Waals surface area contributed by atoms with Crippen molar-refractivity contribution in [3.8, 4) is 0 Å². The highest BCUT2D eigenvalue weighted by molar-refractivity contribution is 7.90. The third kappa shape index (κ3) is 10.3. The summed E-state index contributed by atoms with van der Waals surface area (Å²) in [5, 5.41) is 2.63. The summed E-state index contributed by atoms with van der Waals surface area (Å²) in [5.41, 5.74) is 5.62. The molecule has 0 aromatic rings. The fourth-order valence-electron chi connectivity index (χ4n) is 1.41. The quantitative estimate of drug-likeness (QED) is 0.660. The van der Waals surface area contributed by atoms with Crippen LogP contribution in [0, 0.1) is 5.92 Å². The first-order chi connectivity index (χ1) is 7.72. The Labute approximate surface area is 104 Å². The molecule has 3 N–H and O–H groups in total. The van der Waals surface area contributed by atoms with Crippen molar-refractivity contribution in [2.75, 3.05) is 18.6 Å². The topological polar surface area (TPSA) is 89.3 Å². The molecule has 6 heteroatoms. The zero-order chi connectivity index (χ0) is 13.5. The molecule has 0 aliphatic heterocycles. The summed E-state index contributed by atoms with van der Waals surface area (Å²) >= 11 is 0. The number of amides is 1. The zero-order valence-corrected chi connectivity index (χ0v) is 11.7. The Hall–Kier alpha value is -0.620. The van der Waals surface area contributed by atoms with Crippen molar-refractivity contribution in [1.82, 2.24) is 5.32 Å². The van der Waals surface area contributed by atoms with E-state index in [9.17, 15) is 13.2 Å². The summed E-state index contributed by atoms with van der Waals surface area (Å²) in [6.07, 6.45) is 3.76. The Balaban J connectivity index is 3.75. The first-order valence-electron chi connectivity index (χ1n) is 5.93. The first kappa shape index (κ1) is 16.4. The Morgan fingerprint density at radius 1 is 1.29 bits per heavy atom. The van der Waals surface area contributed by atoms with Gasteiger partial charge in [0.2, 0.25) is 5.91 Å². The van der Waals surface area contributed by atoms with Crippen molar-refractivity contribution in [3.63, 3.8) is 0 Å². The lowest BCUT2D eigenvalue weighted by Crippen LogP contribution is -2.33. The highest BCUT2D eigenvalue weighted by Gasteiger charge is 2.13. The SMILES string of the molecule is CC(N)CCCC(C)C(=O)NCCS(C)(=O)=O. The lowest BCUT2D eigenvalue weighted by molar-refractivity contribution is -0.124. The standard InChI is InChI=1S/C11H24N2O3S/c1-9(5-4-6-10(2)12)11(14)13-7-8-17(3,15)16/h9-10H,4-8,12H2,1-3H3,(H,13,14). The van der Waals surface area contributed by atoms with Crippen LogP contribution in [0.25, 0.3) is 0 Å². The van der Waals surface area contributed by atoms with Gasteiger partial charge in [-0.05, 0) is 19.8 Å². The summed E-state index contributed by atoms with van der Waals surface area (Å²) in [4.78, 5) is 11.6. The van der Waals surface area contributed by atoms with Crippen LogP contribution >= 0.6 is 0 Å². The number of hydrogen-bond donors (Lipinski definition) is 2. The summed E-state index contributed by atoms with van der Waals surface area (Å²) in [5.74, 6) is -0.183. The van der Waals surface area contributed by atoms with Gasteiger partial charge in [0, 0.05) is 24.8 Å². The Morgan fingerprint density at radius 2 is 1.88 bits per heavy atom. The van der Waals surface area contributed by atoms with E-state index < -0.39 is 9.84 Å². The van der Waals surface area contributed by atoms with Crippen LogP contribution in [-0.2, 0) is 14.6 Å². The minimum absolute atomic E-state index is 0.00864. The van der Waals surface area contributed by atoms with E-state index in [0.29, 0.717) is 0 Å². The maximum atomic E-state index is 11.6. The minimum atomic E-state index is -3.00. The summed E-state index contributed by atoms with van der Waals surface area (Å²) in [7, 11) is -3.00. The predicted octanol–water partition coefficient (Wildman–Crippen LogP) is 0.301. The molecular weight excluding hydrogens is 240 g/mol. The van der Waals surface area contributed by atoms with Crippen LogP contribution in [0.1, 0.15) is 33.1 Å². The molecule has 5 nitrogen and oxygen atoms in total. The van der Waals surface area contributed by atoms with E-state index in [1.165, 1.54) is 0 Å². The van der Waals surface area contributed by atoms with Crippen molar-refractivity contribution < 1.29 is 13.2 Å². The maximum Gasteiger partial charge on any atom is 0.222 e. The van der Waals surface area contributed by atoms with Crippen LogP contribution < -0.4 is 11.1 Å². The number of carbonyl (C=O) groups excluding carboxylic acids is 1. The summed E-state index contributed by atoms with van der Waals surface area (Å²) in [6, 6.07) is 0.162. The Bertz CT molecular complexity index is 326. The summed E-state index contributed by atoms with van der Waals surface area (Å²) in [6.45, 7) is 3.98. The fourth-order valence-corrected chi connectivity index (χ4v) is 1.88. The number of rotatable bonds is 8. The van der Waals surface area contributed by atoms with Gasteiger partial charge in [0.05, 0.1) is 5.75 Å². The average molecular weight is 264 g/mol. The largest absolute Gasteiger partial charge is 0.355 e. The molecule has 17 heavy (non-hydrogen) atoms. The van der Waals surface area contributed by atoms with Gasteiger partial charge in [0.1, 0.15) is 9.84 Å². The number of carbonyl (C=O) groups is 1. The molecular formula is C11H24N2O3S. The number of sulfone groups is 1. The number of nitrogens with one attached hydrogen (secondary N) is 1. The molecule has 0 heterocycles. The molecule has 2 atom stereocenters. The third-order valence-corrected chi connectivity index (χ3v) is 3.46. The lowest BCUT2D eigenvalue weighted by Gasteiger charge is -2.12. The van der Waals surface area contributed by atoms with E-state index in [2.05, 4.69) is 5.32 Å². The predicted molar refractivity (Wildman–Crippen MR) is 69.4 cm³/mol. The van der Waals surface area contributed by atoms with Gasteiger partial charge in [-0.3, -0.25) is 4.79 Å². The van der Waals surface area contributed by atoms with Crippen molar-refractivity contribution in [2.45, 2.75) is 39.2 Å². The van der Waals surface area contributed by atoms with Crippen LogP contribution in [0.5, 0.6) is 0 Å². The van der Waals surface area contributed by atoms with Crippen molar-refractivity contribution in [3.05, 3.63) is 0 Å². The van der Waals surface area contributed by atoms with Gasteiger partial charge < -0.3 is 11.1 Å². The highest BCUT2D eigenvalue weighted by atomic mass is 32.2. The molecule has 0 aliphatic rings. The molecule has 0 bridgehead atoms. The second kappa shape index (κ2) is 7.66. The van der Waals surface area contributed by atoms with Gasteiger partial charge >= 0.3 is 0 Å². The lowest BCUT2D eigenvalue weighted by atomic mass is 10.0. The first-order valence-corrected chi connectivity index (χ1v) is 7.99. The Morgan fingerprint density at radius 3 is 2.35 bits per heavy atom. The average Bonchev–Trinajstić information content (AvgIpc) is 2.14. The molecule has 0 rings (SSSR count). The van der Waals surface area contributed by atoms with Crippen molar-refractivity contribution >= 4 is 15.7 Å². The second-order valence-corrected chi connectivity index (χ2v) is 6.99. The van der Waals surface area contributed by atoms with Crippen LogP contribution in [0.3, 0.4) is 0 Å². The third-order valence-electron chi connectivity index (χ3n) is 2.52. The molecule has 0 aromatic carbocycles. The highest BCUT2D eigenvalue weighted by Crippen LogP contribution is 2.08. The molecule has 0 aliphatic carbocycles. The zero-order valence-electron chi connectivity index (χ0n) is 10.9. The molecule has 2 unspecified atom stereocenters. The monoisotopic (exact) mass is 264 g/mol. The molecule has 0 saturated heterocycles. The smallest absolute Gasteiger partial charge is 0.222 e. The molecule has 0 saturated carbocycles. The van der Waals surface area contributed by atoms with Crippen molar-refractivity contribution in [2.24, 2.45) is 11.7 Å². The fraction of sp³-hybridized carbons (Fsp3) is 0.909. The maximum absolute atomic E-state index is 11.6. The van der Waals surface area contributed by atoms with E-state index >= 15 is 0 Å². The Kier molecular flexibility index (Phi) is 7.38. The van der Waals surface area contributed by atoms with E-state index in [1.807, 2.05) is 13.8 Å². The van der Waals surface area contributed by atoms with Crippen LogP contribution in [0.2, 0.25) is 0 Å². The minimum Gasteiger partial charge on any atom is -0.355 e. The normalized spacial score (nSPS) is 15.3. The summed E-state index contributed by atoms with van der Waals surface area (Å²) < 4.78 is 21.7. The van der Waals surface area contributed by atoms with Crippen LogP contribution in [0.4, 0.5) is 0 Å². The van der Waals surface area contributed by atoms with Crippen LogP contribution in [-0.4, -0.2) is 38.9 Å². The second-order valence-electron chi connectivity index (χ2n) is 4.73. The van der Waals surface area contributed by atoms with E-state index in [4.69, 9.17) is 5.73 Å². The molecule has 1 amide bonds. The molecule has 102 valence electrons. The molecule has 0 fully saturated rings. The van der Waals surface area contributed by atoms with Gasteiger partial charge in [0.25, 0.3) is 0 Å². The van der Waals surface area contributed by atoms with E-state index in [-0.39, 0.29) is 30.2 Å². The number of nitrogens with two attached hydrogens (primary N) is 1. The van der Waals surface area contributed by atoms with Crippen molar-refractivity contribution in [1.29, 1.82) is 0 Å². The van der Waals surface area contributed by atoms with E-state index in [0.717, 1.165) is 25.5 Å². The number of hydrogen-bond acceptors (Lipinski definition) is 4. The van der Waals surface area contributed by atoms with Gasteiger partial charge in [-0.2, -0.15) is 0 Å². The van der Waals surface area contributed by atoms with Gasteiger partial charge in [0.15, 0.2) is 0 Å². The van der Waals surface area contributed by atoms with E-state index in [1.54, 1.807) is 0 Å². The van der Waals surface area contributed by atoms with Crippen LogP contribution in [0.15, 0.2) is 0 Å². The van der Waals surface area contributed by atoms with Gasteiger partial charge in [-0.25, -0.2) is 8.42 Å². The molecule has 0 radical (unpaired) electrons. The molecule has 0 aromatic heterocycles. The van der Waals surface area contributed by atoms with Gasteiger partial charge in [-0.1, -0.05) is 13.3 Å².